The van der Waals surface area contributed by atoms with Crippen molar-refractivity contribution >= 4 is 16.8 Å². The number of aromatic nitrogens is 1. The summed E-state index contributed by atoms with van der Waals surface area (Å²) in [5.41, 5.74) is 1.37. The molecular formula is C15H18FN3O. The van der Waals surface area contributed by atoms with Crippen LogP contribution in [-0.4, -0.2) is 53.5 Å². The molecule has 1 fully saturated rings. The SMILES string of the molecule is CN1CCN(C(=O)c2cc3ccc(F)cc3n2C)CC1. The Bertz CT molecular complexity index is 656. The van der Waals surface area contributed by atoms with E-state index in [2.05, 4.69) is 11.9 Å². The lowest BCUT2D eigenvalue weighted by atomic mass is 10.2. The number of carbonyl (C=O) groups is 1. The number of carbonyl (C=O) groups excluding carboxylic acids is 1. The van der Waals surface area contributed by atoms with Crippen LogP contribution >= 0.6 is 0 Å². The summed E-state index contributed by atoms with van der Waals surface area (Å²) >= 11 is 0. The first-order valence-electron chi connectivity index (χ1n) is 6.79. The lowest BCUT2D eigenvalue weighted by molar-refractivity contribution is 0.0655. The van der Waals surface area contributed by atoms with Crippen LogP contribution < -0.4 is 0 Å². The molecular weight excluding hydrogens is 257 g/mol. The molecule has 4 nitrogen and oxygen atoms in total. The number of benzene rings is 1. The Morgan fingerprint density at radius 2 is 1.80 bits per heavy atom. The van der Waals surface area contributed by atoms with Crippen molar-refractivity contribution in [2.75, 3.05) is 33.2 Å². The summed E-state index contributed by atoms with van der Waals surface area (Å²) in [6.45, 7) is 3.27. The average molecular weight is 275 g/mol. The van der Waals surface area contributed by atoms with Gasteiger partial charge >= 0.3 is 0 Å². The highest BCUT2D eigenvalue weighted by molar-refractivity contribution is 5.98. The van der Waals surface area contributed by atoms with Gasteiger partial charge in [0.15, 0.2) is 0 Å². The number of fused-ring (bicyclic) bond motifs is 1. The van der Waals surface area contributed by atoms with Crippen LogP contribution in [-0.2, 0) is 7.05 Å². The Kier molecular flexibility index (Phi) is 3.22. The zero-order valence-corrected chi connectivity index (χ0v) is 11.8. The average Bonchev–Trinajstić information content (AvgIpc) is 2.76. The number of nitrogens with zero attached hydrogens (tertiary/aromatic N) is 3. The zero-order valence-electron chi connectivity index (χ0n) is 11.8. The molecule has 5 heteroatoms. The van der Waals surface area contributed by atoms with E-state index in [0.29, 0.717) is 5.69 Å². The largest absolute Gasteiger partial charge is 0.340 e. The van der Waals surface area contributed by atoms with Gasteiger partial charge in [-0.15, -0.1) is 0 Å². The third-order valence-corrected chi connectivity index (χ3v) is 4.02. The van der Waals surface area contributed by atoms with E-state index >= 15 is 0 Å². The van der Waals surface area contributed by atoms with Gasteiger partial charge < -0.3 is 14.4 Å². The summed E-state index contributed by atoms with van der Waals surface area (Å²) in [7, 11) is 3.87. The fourth-order valence-corrected chi connectivity index (χ4v) is 2.68. The van der Waals surface area contributed by atoms with Crippen molar-refractivity contribution in [2.45, 2.75) is 0 Å². The van der Waals surface area contributed by atoms with Crippen LogP contribution in [0.2, 0.25) is 0 Å². The maximum atomic E-state index is 13.3. The number of amides is 1. The van der Waals surface area contributed by atoms with E-state index < -0.39 is 0 Å². The topological polar surface area (TPSA) is 28.5 Å². The molecule has 0 bridgehead atoms. The Morgan fingerprint density at radius 1 is 1.10 bits per heavy atom. The second-order valence-corrected chi connectivity index (χ2v) is 5.39. The molecule has 1 amide bonds. The number of hydrogen-bond acceptors (Lipinski definition) is 2. The summed E-state index contributed by atoms with van der Waals surface area (Å²) in [4.78, 5) is 16.6. The van der Waals surface area contributed by atoms with Gasteiger partial charge in [-0.05, 0) is 31.3 Å². The van der Waals surface area contributed by atoms with Gasteiger partial charge in [-0.25, -0.2) is 4.39 Å². The molecule has 106 valence electrons. The molecule has 0 N–H and O–H groups in total. The number of likely N-dealkylation sites (N-methyl/N-ethyl adjacent to an activating group) is 1. The van der Waals surface area contributed by atoms with Crippen molar-refractivity contribution in [3.05, 3.63) is 35.8 Å². The molecule has 0 atom stereocenters. The summed E-state index contributed by atoms with van der Waals surface area (Å²) in [6, 6.07) is 6.45. The van der Waals surface area contributed by atoms with E-state index in [-0.39, 0.29) is 11.7 Å². The first-order chi connectivity index (χ1) is 9.56. The van der Waals surface area contributed by atoms with Gasteiger partial charge in [-0.2, -0.15) is 0 Å². The molecule has 0 saturated carbocycles. The van der Waals surface area contributed by atoms with Crippen LogP contribution in [0.3, 0.4) is 0 Å². The molecule has 1 aliphatic rings. The number of hydrogen-bond donors (Lipinski definition) is 0. The van der Waals surface area contributed by atoms with Crippen molar-refractivity contribution in [1.82, 2.24) is 14.4 Å². The summed E-state index contributed by atoms with van der Waals surface area (Å²) in [5.74, 6) is -0.255. The highest BCUT2D eigenvalue weighted by Gasteiger charge is 2.23. The number of halogens is 1. The monoisotopic (exact) mass is 275 g/mol. The molecule has 1 aromatic carbocycles. The first-order valence-corrected chi connectivity index (χ1v) is 6.79. The molecule has 1 saturated heterocycles. The summed E-state index contributed by atoms with van der Waals surface area (Å²) in [6.07, 6.45) is 0. The molecule has 1 aliphatic heterocycles. The lowest BCUT2D eigenvalue weighted by Crippen LogP contribution is -2.47. The van der Waals surface area contributed by atoms with Crippen molar-refractivity contribution in [3.8, 4) is 0 Å². The number of aryl methyl sites for hydroxylation is 1. The van der Waals surface area contributed by atoms with Crippen molar-refractivity contribution < 1.29 is 9.18 Å². The Labute approximate surface area is 117 Å². The number of rotatable bonds is 1. The van der Waals surface area contributed by atoms with Crippen molar-refractivity contribution in [2.24, 2.45) is 7.05 Å². The van der Waals surface area contributed by atoms with Gasteiger partial charge in [0.2, 0.25) is 0 Å². The Balaban J connectivity index is 1.93. The van der Waals surface area contributed by atoms with E-state index in [1.165, 1.54) is 12.1 Å². The van der Waals surface area contributed by atoms with E-state index in [4.69, 9.17) is 0 Å². The third-order valence-electron chi connectivity index (χ3n) is 4.02. The Morgan fingerprint density at radius 3 is 2.50 bits per heavy atom. The van der Waals surface area contributed by atoms with Crippen LogP contribution in [0.15, 0.2) is 24.3 Å². The van der Waals surface area contributed by atoms with Gasteiger partial charge in [0, 0.05) is 38.6 Å². The fourth-order valence-electron chi connectivity index (χ4n) is 2.68. The van der Waals surface area contributed by atoms with Gasteiger partial charge in [0.25, 0.3) is 5.91 Å². The smallest absolute Gasteiger partial charge is 0.270 e. The molecule has 2 heterocycles. The van der Waals surface area contributed by atoms with E-state index in [1.807, 2.05) is 18.0 Å². The van der Waals surface area contributed by atoms with Crippen LogP contribution in [0.1, 0.15) is 10.5 Å². The molecule has 20 heavy (non-hydrogen) atoms. The first kappa shape index (κ1) is 13.1. The molecule has 1 aromatic heterocycles. The molecule has 0 aliphatic carbocycles. The predicted octanol–water partition coefficient (Wildman–Crippen LogP) is 1.71. The van der Waals surface area contributed by atoms with E-state index in [0.717, 1.165) is 37.1 Å². The highest BCUT2D eigenvalue weighted by Crippen LogP contribution is 2.21. The van der Waals surface area contributed by atoms with Gasteiger partial charge in [0.1, 0.15) is 11.5 Å². The lowest BCUT2D eigenvalue weighted by Gasteiger charge is -2.32. The second-order valence-electron chi connectivity index (χ2n) is 5.39. The normalized spacial score (nSPS) is 16.9. The maximum Gasteiger partial charge on any atom is 0.270 e. The van der Waals surface area contributed by atoms with Crippen LogP contribution in [0.5, 0.6) is 0 Å². The van der Waals surface area contributed by atoms with Crippen molar-refractivity contribution in [3.63, 3.8) is 0 Å². The van der Waals surface area contributed by atoms with Crippen LogP contribution in [0.25, 0.3) is 10.9 Å². The minimum Gasteiger partial charge on any atom is -0.340 e. The molecule has 0 unspecified atom stereocenters. The number of piperazine rings is 1. The minimum atomic E-state index is -0.280. The van der Waals surface area contributed by atoms with Crippen LogP contribution in [0.4, 0.5) is 4.39 Å². The summed E-state index contributed by atoms with van der Waals surface area (Å²) in [5, 5.41) is 0.895. The molecule has 3 rings (SSSR count). The fraction of sp³-hybridized carbons (Fsp3) is 0.400. The van der Waals surface area contributed by atoms with Gasteiger partial charge in [0.05, 0.1) is 5.52 Å². The minimum absolute atomic E-state index is 0.0252. The summed E-state index contributed by atoms with van der Waals surface area (Å²) < 4.78 is 15.1. The third kappa shape index (κ3) is 2.18. The highest BCUT2D eigenvalue weighted by atomic mass is 19.1. The Hall–Kier alpha value is -1.88. The quantitative estimate of drug-likeness (QED) is 0.792. The zero-order chi connectivity index (χ0) is 14.3. The van der Waals surface area contributed by atoms with Gasteiger partial charge in [-0.1, -0.05) is 0 Å². The molecule has 2 aromatic rings. The predicted molar refractivity (Wildman–Crippen MR) is 76.3 cm³/mol. The maximum absolute atomic E-state index is 13.3. The van der Waals surface area contributed by atoms with E-state index in [9.17, 15) is 9.18 Å². The van der Waals surface area contributed by atoms with Gasteiger partial charge in [-0.3, -0.25) is 4.79 Å². The van der Waals surface area contributed by atoms with Crippen molar-refractivity contribution in [1.29, 1.82) is 0 Å². The standard InChI is InChI=1S/C15H18FN3O/c1-17-5-7-19(8-6-17)15(20)14-9-11-3-4-12(16)10-13(11)18(14)2/h3-4,9-10H,5-8H2,1-2H3. The second kappa shape index (κ2) is 4.90. The van der Waals surface area contributed by atoms with Crippen LogP contribution in [0, 0.1) is 5.82 Å². The molecule has 0 radical (unpaired) electrons. The van der Waals surface area contributed by atoms with E-state index in [1.54, 1.807) is 10.6 Å². The molecule has 0 spiro atoms.